The van der Waals surface area contributed by atoms with Crippen molar-refractivity contribution in [1.29, 1.82) is 0 Å². The van der Waals surface area contributed by atoms with Crippen LogP contribution in [0, 0.1) is 0 Å². The van der Waals surface area contributed by atoms with Gasteiger partial charge in [0.1, 0.15) is 6.54 Å². The minimum Gasteiger partial charge on any atom is -0.373 e. The molecule has 0 fully saturated rings. The number of allylic oxidation sites excluding steroid dienone is 4. The summed E-state index contributed by atoms with van der Waals surface area (Å²) in [5, 5.41) is 8.55. The monoisotopic (exact) mass is 474 g/mol. The van der Waals surface area contributed by atoms with Gasteiger partial charge < -0.3 is 19.4 Å². The van der Waals surface area contributed by atoms with E-state index in [-0.39, 0.29) is 13.0 Å². The lowest BCUT2D eigenvalue weighted by Gasteiger charge is -2.35. The van der Waals surface area contributed by atoms with Gasteiger partial charge in [0.2, 0.25) is 5.34 Å². The summed E-state index contributed by atoms with van der Waals surface area (Å²) in [6.07, 6.45) is 27.1. The highest BCUT2D eigenvalue weighted by Gasteiger charge is 2.48. The Morgan fingerprint density at radius 3 is 1.44 bits per heavy atom. The van der Waals surface area contributed by atoms with Crippen molar-refractivity contribution >= 4 is 7.60 Å². The van der Waals surface area contributed by atoms with Crippen molar-refractivity contribution in [3.63, 3.8) is 0 Å². The van der Waals surface area contributed by atoms with Crippen molar-refractivity contribution in [3.05, 3.63) is 24.3 Å². The van der Waals surface area contributed by atoms with Crippen LogP contribution >= 0.6 is 7.60 Å². The molecule has 0 spiro atoms. The maximum atomic E-state index is 11.8. The van der Waals surface area contributed by atoms with Gasteiger partial charge in [0.25, 0.3) is 0 Å². The second-order valence-corrected chi connectivity index (χ2v) is 12.3. The zero-order valence-corrected chi connectivity index (χ0v) is 22.4. The Balaban J connectivity index is 3.66. The standard InChI is InChI=1S/C26H52NO4P/c1-5-6-7-8-9-10-11-12-13-14-15-16-17-18-19-20-21-22-23-24-26(28,32(29,30)31)25-27(2,3)4/h7-8,21-22,28H,5-6,9-20,23-25H2,1-4H3,(H-,29,30,31)/p+1/b8-7-,22-21-. The number of rotatable bonds is 21. The minimum absolute atomic E-state index is 0.0293. The molecule has 0 saturated heterocycles. The molecule has 0 radical (unpaired) electrons. The van der Waals surface area contributed by atoms with Crippen LogP contribution in [0.1, 0.15) is 110 Å². The summed E-state index contributed by atoms with van der Waals surface area (Å²) in [5.41, 5.74) is 0. The van der Waals surface area contributed by atoms with Crippen LogP contribution in [0.3, 0.4) is 0 Å². The average Bonchev–Trinajstić information content (AvgIpc) is 2.67. The van der Waals surface area contributed by atoms with E-state index in [1.165, 1.54) is 77.0 Å². The number of unbranched alkanes of at least 4 members (excludes halogenated alkanes) is 12. The van der Waals surface area contributed by atoms with Crippen molar-refractivity contribution in [3.8, 4) is 0 Å². The lowest BCUT2D eigenvalue weighted by atomic mass is 10.0. The van der Waals surface area contributed by atoms with Gasteiger partial charge >= 0.3 is 7.60 Å². The van der Waals surface area contributed by atoms with Crippen molar-refractivity contribution in [1.82, 2.24) is 0 Å². The summed E-state index contributed by atoms with van der Waals surface area (Å²) in [6, 6.07) is 0. The number of likely N-dealkylation sites (N-methyl/N-ethyl adjacent to an activating group) is 1. The molecule has 0 heterocycles. The zero-order valence-electron chi connectivity index (χ0n) is 21.5. The summed E-state index contributed by atoms with van der Waals surface area (Å²) >= 11 is 0. The minimum atomic E-state index is -4.57. The molecule has 1 unspecified atom stereocenters. The van der Waals surface area contributed by atoms with Crippen LogP contribution in [0.25, 0.3) is 0 Å². The first-order valence-corrected chi connectivity index (χ1v) is 14.5. The molecule has 190 valence electrons. The highest BCUT2D eigenvalue weighted by molar-refractivity contribution is 7.53. The van der Waals surface area contributed by atoms with Gasteiger partial charge in [-0.3, -0.25) is 4.57 Å². The summed E-state index contributed by atoms with van der Waals surface area (Å²) in [5.74, 6) is 0. The molecular formula is C26H53NO4P+. The van der Waals surface area contributed by atoms with E-state index in [1.54, 1.807) is 0 Å². The van der Waals surface area contributed by atoms with E-state index in [0.717, 1.165) is 12.8 Å². The largest absolute Gasteiger partial charge is 0.373 e. The number of hydrogen-bond acceptors (Lipinski definition) is 2. The van der Waals surface area contributed by atoms with E-state index >= 15 is 0 Å². The second-order valence-electron chi connectivity index (χ2n) is 10.4. The zero-order chi connectivity index (χ0) is 24.3. The summed E-state index contributed by atoms with van der Waals surface area (Å²) in [7, 11) is 0.898. The Morgan fingerprint density at radius 1 is 0.688 bits per heavy atom. The summed E-state index contributed by atoms with van der Waals surface area (Å²) in [4.78, 5) is 19.2. The van der Waals surface area contributed by atoms with Gasteiger partial charge in [-0.25, -0.2) is 0 Å². The highest BCUT2D eigenvalue weighted by atomic mass is 31.2. The Morgan fingerprint density at radius 2 is 1.06 bits per heavy atom. The van der Waals surface area contributed by atoms with Crippen LogP contribution < -0.4 is 0 Å². The van der Waals surface area contributed by atoms with Gasteiger partial charge in [-0.1, -0.05) is 89.0 Å². The van der Waals surface area contributed by atoms with Crippen molar-refractivity contribution in [2.24, 2.45) is 0 Å². The number of nitrogens with zero attached hydrogens (tertiary/aromatic N) is 1. The number of hydrogen-bond donors (Lipinski definition) is 3. The van der Waals surface area contributed by atoms with E-state index < -0.39 is 12.9 Å². The fourth-order valence-electron chi connectivity index (χ4n) is 3.97. The van der Waals surface area contributed by atoms with Gasteiger partial charge in [0.05, 0.1) is 21.1 Å². The lowest BCUT2D eigenvalue weighted by molar-refractivity contribution is -0.875. The molecule has 0 aliphatic heterocycles. The predicted molar refractivity (Wildman–Crippen MR) is 138 cm³/mol. The third kappa shape index (κ3) is 18.0. The quantitative estimate of drug-likeness (QED) is 0.0729. The number of quaternary nitrogens is 1. The average molecular weight is 475 g/mol. The van der Waals surface area contributed by atoms with Crippen molar-refractivity contribution in [2.45, 2.75) is 115 Å². The first-order valence-electron chi connectivity index (χ1n) is 12.9. The molecule has 0 aromatic heterocycles. The molecule has 1 atom stereocenters. The van der Waals surface area contributed by atoms with Gasteiger partial charge in [0, 0.05) is 0 Å². The first kappa shape index (κ1) is 31.6. The molecule has 6 heteroatoms. The van der Waals surface area contributed by atoms with Crippen LogP contribution in [-0.2, 0) is 4.57 Å². The topological polar surface area (TPSA) is 77.8 Å². The van der Waals surface area contributed by atoms with Crippen molar-refractivity contribution < 1.29 is 23.9 Å². The van der Waals surface area contributed by atoms with Crippen LogP contribution in [0.4, 0.5) is 0 Å². The van der Waals surface area contributed by atoms with Gasteiger partial charge in [-0.2, -0.15) is 0 Å². The Hall–Kier alpha value is -0.450. The third-order valence-electron chi connectivity index (χ3n) is 5.76. The van der Waals surface area contributed by atoms with Crippen LogP contribution in [0.5, 0.6) is 0 Å². The molecule has 5 nitrogen and oxygen atoms in total. The molecule has 0 aromatic carbocycles. The van der Waals surface area contributed by atoms with Gasteiger partial charge in [-0.15, -0.1) is 0 Å². The molecule has 0 aliphatic carbocycles. The summed E-state index contributed by atoms with van der Waals surface area (Å²) in [6.45, 7) is 2.25. The molecule has 0 amide bonds. The Bertz CT molecular complexity index is 551. The second kappa shape index (κ2) is 18.0. The van der Waals surface area contributed by atoms with Gasteiger partial charge in [-0.05, 0) is 44.9 Å². The van der Waals surface area contributed by atoms with Crippen molar-refractivity contribution in [2.75, 3.05) is 27.7 Å². The van der Waals surface area contributed by atoms with E-state index in [0.29, 0.717) is 10.9 Å². The summed E-state index contributed by atoms with van der Waals surface area (Å²) < 4.78 is 12.1. The van der Waals surface area contributed by atoms with Gasteiger partial charge in [0.15, 0.2) is 0 Å². The molecule has 3 N–H and O–H groups in total. The normalized spacial score (nSPS) is 15.1. The smallest absolute Gasteiger partial charge is 0.362 e. The van der Waals surface area contributed by atoms with Crippen LogP contribution in [-0.4, -0.2) is 52.4 Å². The SMILES string of the molecule is CCC/C=C\CCCCCCCCCCCC/C=C\CCC(O)(C[N+](C)(C)C)P(=O)(O)O. The molecule has 0 bridgehead atoms. The van der Waals surface area contributed by atoms with Crippen LogP contribution in [0.2, 0.25) is 0 Å². The fraction of sp³-hybridized carbons (Fsp3) is 0.846. The molecule has 0 rings (SSSR count). The first-order chi connectivity index (χ1) is 15.0. The molecule has 32 heavy (non-hydrogen) atoms. The molecule has 0 aromatic rings. The number of aliphatic hydroxyl groups is 1. The van der Waals surface area contributed by atoms with E-state index in [4.69, 9.17) is 0 Å². The predicted octanol–water partition coefficient (Wildman–Crippen LogP) is 6.93. The third-order valence-corrected chi connectivity index (χ3v) is 7.21. The van der Waals surface area contributed by atoms with E-state index in [1.807, 2.05) is 27.2 Å². The van der Waals surface area contributed by atoms with E-state index in [9.17, 15) is 19.5 Å². The molecular weight excluding hydrogens is 421 g/mol. The maximum absolute atomic E-state index is 11.8. The Kier molecular flexibility index (Phi) is 17.7. The molecule has 0 saturated carbocycles. The molecule has 0 aliphatic rings. The maximum Gasteiger partial charge on any atom is 0.362 e. The fourth-order valence-corrected chi connectivity index (χ4v) is 5.00. The Labute approximate surface area is 198 Å². The highest BCUT2D eigenvalue weighted by Crippen LogP contribution is 2.52. The van der Waals surface area contributed by atoms with Crippen LogP contribution in [0.15, 0.2) is 24.3 Å². The lowest BCUT2D eigenvalue weighted by Crippen LogP contribution is -2.49. The van der Waals surface area contributed by atoms with E-state index in [2.05, 4.69) is 25.2 Å².